The largest absolute Gasteiger partial charge is 0.496 e. The molecule has 0 bridgehead atoms. The van der Waals surface area contributed by atoms with Crippen LogP contribution in [0.25, 0.3) is 11.1 Å². The molecule has 0 atom stereocenters. The Morgan fingerprint density at radius 2 is 1.65 bits per heavy atom. The Hall–Kier alpha value is -3.18. The number of ether oxygens (including phenoxy) is 1. The molecule has 26 heavy (non-hydrogen) atoms. The topological polar surface area (TPSA) is 76.4 Å². The Labute approximate surface area is 156 Å². The molecule has 0 spiro atoms. The minimum atomic E-state index is -0.591. The second kappa shape index (κ2) is 7.80. The molecule has 0 aliphatic rings. The third kappa shape index (κ3) is 4.26. The van der Waals surface area contributed by atoms with E-state index in [9.17, 15) is 4.79 Å². The number of carbonyl (C=O) groups is 1. The average Bonchev–Trinajstić information content (AvgIpc) is 2.63. The number of carbonyl (C=O) groups excluding carboxylic acids is 1. The summed E-state index contributed by atoms with van der Waals surface area (Å²) in [6.45, 7) is 0. The fourth-order valence-electron chi connectivity index (χ4n) is 2.61. The highest BCUT2D eigenvalue weighted by Crippen LogP contribution is 2.34. The first-order valence-corrected chi connectivity index (χ1v) is 8.30. The summed E-state index contributed by atoms with van der Waals surface area (Å²) >= 11 is 6.12. The van der Waals surface area contributed by atoms with Crippen LogP contribution in [0.3, 0.4) is 0 Å². The van der Waals surface area contributed by atoms with Crippen molar-refractivity contribution in [3.8, 4) is 16.9 Å². The van der Waals surface area contributed by atoms with E-state index in [1.54, 1.807) is 19.2 Å². The molecule has 0 aliphatic heterocycles. The molecule has 2 amide bonds. The van der Waals surface area contributed by atoms with Crippen molar-refractivity contribution < 1.29 is 9.53 Å². The number of hydrogen-bond donors (Lipinski definition) is 3. The van der Waals surface area contributed by atoms with E-state index in [0.717, 1.165) is 28.3 Å². The highest BCUT2D eigenvalue weighted by Gasteiger charge is 2.08. The van der Waals surface area contributed by atoms with Gasteiger partial charge in [-0.05, 0) is 60.2 Å². The van der Waals surface area contributed by atoms with E-state index in [1.165, 1.54) is 0 Å². The van der Waals surface area contributed by atoms with Gasteiger partial charge in [-0.25, -0.2) is 4.79 Å². The Bertz CT molecular complexity index is 927. The third-order valence-electron chi connectivity index (χ3n) is 3.78. The van der Waals surface area contributed by atoms with Crippen molar-refractivity contribution in [2.45, 2.75) is 0 Å². The first-order chi connectivity index (χ1) is 12.5. The van der Waals surface area contributed by atoms with Crippen LogP contribution in [0, 0.1) is 0 Å². The van der Waals surface area contributed by atoms with Gasteiger partial charge in [-0.3, -0.25) is 0 Å². The van der Waals surface area contributed by atoms with Gasteiger partial charge in [0.15, 0.2) is 0 Å². The van der Waals surface area contributed by atoms with Gasteiger partial charge < -0.3 is 21.1 Å². The lowest BCUT2D eigenvalue weighted by atomic mass is 10.0. The van der Waals surface area contributed by atoms with E-state index in [-0.39, 0.29) is 0 Å². The second-order valence-electron chi connectivity index (χ2n) is 5.62. The van der Waals surface area contributed by atoms with Crippen LogP contribution >= 0.6 is 11.6 Å². The molecule has 3 aromatic carbocycles. The first kappa shape index (κ1) is 17.6. The van der Waals surface area contributed by atoms with Crippen LogP contribution in [-0.2, 0) is 0 Å². The second-order valence-corrected chi connectivity index (χ2v) is 6.05. The average molecular weight is 368 g/mol. The van der Waals surface area contributed by atoms with E-state index in [4.69, 9.17) is 22.1 Å². The molecule has 6 heteroatoms. The van der Waals surface area contributed by atoms with Crippen LogP contribution in [0.15, 0.2) is 66.7 Å². The van der Waals surface area contributed by atoms with Gasteiger partial charge in [-0.1, -0.05) is 23.7 Å². The summed E-state index contributed by atoms with van der Waals surface area (Å²) in [4.78, 5) is 10.9. The van der Waals surface area contributed by atoms with Crippen molar-refractivity contribution in [3.05, 3.63) is 71.8 Å². The van der Waals surface area contributed by atoms with Crippen LogP contribution < -0.4 is 21.1 Å². The highest BCUT2D eigenvalue weighted by molar-refractivity contribution is 6.30. The number of anilines is 3. The van der Waals surface area contributed by atoms with E-state index in [2.05, 4.69) is 10.6 Å². The zero-order chi connectivity index (χ0) is 18.5. The fourth-order valence-corrected chi connectivity index (χ4v) is 2.80. The summed E-state index contributed by atoms with van der Waals surface area (Å²) in [5.41, 5.74) is 9.43. The molecular formula is C20H18ClN3O2. The minimum absolute atomic E-state index is 0.591. The van der Waals surface area contributed by atoms with Gasteiger partial charge in [0, 0.05) is 27.6 Å². The Kier molecular flexibility index (Phi) is 5.29. The maximum Gasteiger partial charge on any atom is 0.316 e. The van der Waals surface area contributed by atoms with Crippen molar-refractivity contribution >= 4 is 34.7 Å². The molecule has 0 saturated heterocycles. The Morgan fingerprint density at radius 1 is 0.962 bits per heavy atom. The van der Waals surface area contributed by atoms with Gasteiger partial charge in [0.1, 0.15) is 5.75 Å². The minimum Gasteiger partial charge on any atom is -0.496 e. The Morgan fingerprint density at radius 3 is 2.31 bits per heavy atom. The summed E-state index contributed by atoms with van der Waals surface area (Å²) in [6.07, 6.45) is 0. The normalized spacial score (nSPS) is 10.2. The molecule has 0 saturated carbocycles. The molecule has 132 valence electrons. The summed E-state index contributed by atoms with van der Waals surface area (Å²) in [7, 11) is 1.64. The van der Waals surface area contributed by atoms with Gasteiger partial charge in [0.25, 0.3) is 0 Å². The smallest absolute Gasteiger partial charge is 0.316 e. The molecule has 0 aliphatic carbocycles. The lowest BCUT2D eigenvalue weighted by molar-refractivity contribution is 0.259. The van der Waals surface area contributed by atoms with Gasteiger partial charge >= 0.3 is 6.03 Å². The zero-order valence-corrected chi connectivity index (χ0v) is 14.9. The van der Waals surface area contributed by atoms with E-state index >= 15 is 0 Å². The Balaban J connectivity index is 1.87. The standard InChI is InChI=1S/C20H18ClN3O2/c1-26-19-10-9-17(12-18(19)13-3-2-4-14(21)11-13)23-15-5-7-16(8-6-15)24-20(22)25/h2-12,23H,1H3,(H3,22,24,25). The molecule has 3 aromatic rings. The number of rotatable bonds is 5. The number of benzene rings is 3. The zero-order valence-electron chi connectivity index (χ0n) is 14.1. The van der Waals surface area contributed by atoms with Crippen LogP contribution in [0.2, 0.25) is 5.02 Å². The predicted octanol–water partition coefficient (Wildman–Crippen LogP) is 5.25. The van der Waals surface area contributed by atoms with Gasteiger partial charge in [0.2, 0.25) is 0 Å². The SMILES string of the molecule is COc1ccc(Nc2ccc(NC(N)=O)cc2)cc1-c1cccc(Cl)c1. The molecule has 0 unspecified atom stereocenters. The van der Waals surface area contributed by atoms with Crippen LogP contribution in [-0.4, -0.2) is 13.1 Å². The van der Waals surface area contributed by atoms with Crippen LogP contribution in [0.5, 0.6) is 5.75 Å². The number of amides is 2. The van der Waals surface area contributed by atoms with E-state index < -0.39 is 6.03 Å². The van der Waals surface area contributed by atoms with Gasteiger partial charge in [-0.15, -0.1) is 0 Å². The van der Waals surface area contributed by atoms with Crippen molar-refractivity contribution in [1.82, 2.24) is 0 Å². The molecule has 5 nitrogen and oxygen atoms in total. The molecule has 3 rings (SSSR count). The first-order valence-electron chi connectivity index (χ1n) is 7.92. The number of nitrogens with two attached hydrogens (primary N) is 1. The van der Waals surface area contributed by atoms with Crippen LogP contribution in [0.4, 0.5) is 21.9 Å². The summed E-state index contributed by atoms with van der Waals surface area (Å²) in [5, 5.41) is 6.52. The number of halogens is 1. The number of hydrogen-bond acceptors (Lipinski definition) is 3. The summed E-state index contributed by atoms with van der Waals surface area (Å²) in [5.74, 6) is 0.763. The molecule has 0 radical (unpaired) electrons. The van der Waals surface area contributed by atoms with Crippen molar-refractivity contribution in [3.63, 3.8) is 0 Å². The molecule has 0 aromatic heterocycles. The molecule has 0 heterocycles. The lowest BCUT2D eigenvalue weighted by Gasteiger charge is -2.13. The molecule has 4 N–H and O–H groups in total. The van der Waals surface area contributed by atoms with Crippen molar-refractivity contribution in [1.29, 1.82) is 0 Å². The predicted molar refractivity (Wildman–Crippen MR) is 106 cm³/mol. The van der Waals surface area contributed by atoms with Crippen LogP contribution in [0.1, 0.15) is 0 Å². The number of urea groups is 1. The highest BCUT2D eigenvalue weighted by atomic mass is 35.5. The maximum absolute atomic E-state index is 10.9. The fraction of sp³-hybridized carbons (Fsp3) is 0.0500. The maximum atomic E-state index is 10.9. The number of primary amides is 1. The quantitative estimate of drug-likeness (QED) is 0.576. The summed E-state index contributed by atoms with van der Waals surface area (Å²) < 4.78 is 5.47. The summed E-state index contributed by atoms with van der Waals surface area (Å²) in [6, 6.07) is 20.1. The van der Waals surface area contributed by atoms with E-state index in [0.29, 0.717) is 10.7 Å². The molecule has 0 fully saturated rings. The lowest BCUT2D eigenvalue weighted by Crippen LogP contribution is -2.19. The third-order valence-corrected chi connectivity index (χ3v) is 4.01. The van der Waals surface area contributed by atoms with Gasteiger partial charge in [-0.2, -0.15) is 0 Å². The number of methoxy groups -OCH3 is 1. The van der Waals surface area contributed by atoms with E-state index in [1.807, 2.05) is 54.6 Å². The monoisotopic (exact) mass is 367 g/mol. The van der Waals surface area contributed by atoms with Crippen molar-refractivity contribution in [2.24, 2.45) is 5.73 Å². The van der Waals surface area contributed by atoms with Gasteiger partial charge in [0.05, 0.1) is 7.11 Å². The molecular weight excluding hydrogens is 350 g/mol. The number of nitrogens with one attached hydrogen (secondary N) is 2. The van der Waals surface area contributed by atoms with Crippen molar-refractivity contribution in [2.75, 3.05) is 17.7 Å².